The number of benzene rings is 1. The van der Waals surface area contributed by atoms with Crippen molar-refractivity contribution in [3.8, 4) is 0 Å². The van der Waals surface area contributed by atoms with Crippen LogP contribution in [0.4, 0.5) is 5.69 Å². The summed E-state index contributed by atoms with van der Waals surface area (Å²) < 4.78 is 6.68. The van der Waals surface area contributed by atoms with Crippen molar-refractivity contribution in [2.75, 3.05) is 11.9 Å². The molecule has 0 unspecified atom stereocenters. The highest BCUT2D eigenvalue weighted by Crippen LogP contribution is 2.23. The van der Waals surface area contributed by atoms with Gasteiger partial charge in [-0.15, -0.1) is 0 Å². The summed E-state index contributed by atoms with van der Waals surface area (Å²) in [5.41, 5.74) is 0.663. The Morgan fingerprint density at radius 3 is 2.70 bits per heavy atom. The summed E-state index contributed by atoms with van der Waals surface area (Å²) in [5, 5.41) is 2.97. The molecule has 2 rings (SSSR count). The van der Waals surface area contributed by atoms with Crippen LogP contribution in [0, 0.1) is 0 Å². The highest BCUT2D eigenvalue weighted by molar-refractivity contribution is 6.41. The minimum atomic E-state index is -0.398. The average molecular weight is 314 g/mol. The van der Waals surface area contributed by atoms with Crippen LogP contribution in [0.5, 0.6) is 0 Å². The number of para-hydroxylation sites is 1. The number of rotatable bonds is 5. The maximum atomic E-state index is 12.2. The molecule has 2 aromatic rings. The first-order valence-corrected chi connectivity index (χ1v) is 6.74. The fourth-order valence-electron chi connectivity index (χ4n) is 1.59. The molecular formula is C13H13Cl2N3O2. The molecule has 1 amide bonds. The highest BCUT2D eigenvalue weighted by atomic mass is 35.5. The van der Waals surface area contributed by atoms with Gasteiger partial charge in [0.05, 0.1) is 0 Å². The van der Waals surface area contributed by atoms with Crippen LogP contribution in [-0.2, 0) is 11.5 Å². The van der Waals surface area contributed by atoms with E-state index in [-0.39, 0.29) is 22.9 Å². The summed E-state index contributed by atoms with van der Waals surface area (Å²) in [6, 6.07) is 9.05. The molecule has 0 saturated heterocycles. The molecular weight excluding hydrogens is 301 g/mol. The number of hydrogen-bond acceptors (Lipinski definition) is 3. The highest BCUT2D eigenvalue weighted by Gasteiger charge is 2.20. The van der Waals surface area contributed by atoms with E-state index in [0.29, 0.717) is 12.3 Å². The number of imidazole rings is 1. The molecule has 5 nitrogen and oxygen atoms in total. The van der Waals surface area contributed by atoms with E-state index in [1.54, 1.807) is 12.1 Å². The zero-order valence-corrected chi connectivity index (χ0v) is 12.3. The zero-order chi connectivity index (χ0) is 14.5. The molecule has 1 aromatic heterocycles. The fourth-order valence-corrected chi connectivity index (χ4v) is 1.94. The lowest BCUT2D eigenvalue weighted by atomic mass is 10.3. The smallest absolute Gasteiger partial charge is 0.291 e. The molecule has 0 spiro atoms. The summed E-state index contributed by atoms with van der Waals surface area (Å²) in [5.74, 6) is -0.290. The molecule has 0 aliphatic carbocycles. The molecule has 0 atom stereocenters. The van der Waals surface area contributed by atoms with Crippen LogP contribution >= 0.6 is 23.2 Å². The van der Waals surface area contributed by atoms with Gasteiger partial charge in [-0.1, -0.05) is 41.4 Å². The Bertz CT molecular complexity index is 599. The summed E-state index contributed by atoms with van der Waals surface area (Å²) in [6.07, 6.45) is 0. The van der Waals surface area contributed by atoms with E-state index in [1.165, 1.54) is 4.57 Å². The van der Waals surface area contributed by atoms with Gasteiger partial charge < -0.3 is 10.1 Å². The fraction of sp³-hybridized carbons (Fsp3) is 0.231. The van der Waals surface area contributed by atoms with E-state index in [0.717, 1.165) is 0 Å². The zero-order valence-electron chi connectivity index (χ0n) is 10.8. The van der Waals surface area contributed by atoms with Crippen molar-refractivity contribution < 1.29 is 9.53 Å². The molecule has 0 bridgehead atoms. The van der Waals surface area contributed by atoms with Crippen molar-refractivity contribution >= 4 is 34.8 Å². The molecule has 1 aromatic carbocycles. The van der Waals surface area contributed by atoms with Gasteiger partial charge in [0.1, 0.15) is 11.9 Å². The molecule has 1 N–H and O–H groups in total. The van der Waals surface area contributed by atoms with Crippen molar-refractivity contribution in [1.82, 2.24) is 9.55 Å². The number of aromatic nitrogens is 2. The SMILES string of the molecule is CCOCn1c(C(=O)Nc2ccccc2)nc(Cl)c1Cl. The van der Waals surface area contributed by atoms with Crippen molar-refractivity contribution in [3.05, 3.63) is 46.5 Å². The van der Waals surface area contributed by atoms with Gasteiger partial charge >= 0.3 is 0 Å². The Labute approximate surface area is 126 Å². The standard InChI is InChI=1S/C13H13Cl2N3O2/c1-2-20-8-18-11(15)10(14)17-12(18)13(19)16-9-6-4-3-5-7-9/h3-7H,2,8H2,1H3,(H,16,19). The van der Waals surface area contributed by atoms with Crippen LogP contribution < -0.4 is 5.32 Å². The monoisotopic (exact) mass is 313 g/mol. The topological polar surface area (TPSA) is 56.1 Å². The predicted octanol–water partition coefficient (Wildman–Crippen LogP) is 3.44. The Kier molecular flexibility index (Phi) is 5.00. The van der Waals surface area contributed by atoms with E-state index in [9.17, 15) is 4.79 Å². The second-order valence-corrected chi connectivity index (χ2v) is 4.60. The van der Waals surface area contributed by atoms with Crippen LogP contribution in [0.1, 0.15) is 17.5 Å². The third-order valence-electron chi connectivity index (χ3n) is 2.53. The first-order chi connectivity index (χ1) is 9.63. The van der Waals surface area contributed by atoms with Crippen molar-refractivity contribution in [1.29, 1.82) is 0 Å². The average Bonchev–Trinajstić information content (AvgIpc) is 2.74. The molecule has 7 heteroatoms. The van der Waals surface area contributed by atoms with Gasteiger partial charge in [0.25, 0.3) is 5.91 Å². The molecule has 106 valence electrons. The minimum Gasteiger partial charge on any atom is -0.361 e. The summed E-state index contributed by atoms with van der Waals surface area (Å²) >= 11 is 11.9. The van der Waals surface area contributed by atoms with Crippen molar-refractivity contribution in [3.63, 3.8) is 0 Å². The second-order valence-electron chi connectivity index (χ2n) is 3.89. The van der Waals surface area contributed by atoms with Gasteiger partial charge in [-0.3, -0.25) is 9.36 Å². The van der Waals surface area contributed by atoms with Crippen LogP contribution in [0.2, 0.25) is 10.3 Å². The van der Waals surface area contributed by atoms with E-state index < -0.39 is 5.91 Å². The number of carbonyl (C=O) groups excluding carboxylic acids is 1. The largest absolute Gasteiger partial charge is 0.361 e. The number of carbonyl (C=O) groups is 1. The van der Waals surface area contributed by atoms with Gasteiger partial charge in [-0.05, 0) is 19.1 Å². The van der Waals surface area contributed by atoms with Gasteiger partial charge in [-0.25, -0.2) is 4.98 Å². The quantitative estimate of drug-likeness (QED) is 0.920. The molecule has 20 heavy (non-hydrogen) atoms. The van der Waals surface area contributed by atoms with Crippen LogP contribution in [0.15, 0.2) is 30.3 Å². The number of ether oxygens (including phenoxy) is 1. The number of amides is 1. The van der Waals surface area contributed by atoms with E-state index >= 15 is 0 Å². The Balaban J connectivity index is 2.23. The van der Waals surface area contributed by atoms with Crippen molar-refractivity contribution in [2.24, 2.45) is 0 Å². The van der Waals surface area contributed by atoms with Crippen LogP contribution in [0.25, 0.3) is 0 Å². The lowest BCUT2D eigenvalue weighted by Crippen LogP contribution is -2.19. The van der Waals surface area contributed by atoms with E-state index in [2.05, 4.69) is 10.3 Å². The minimum absolute atomic E-state index is 0.0737. The summed E-state index contributed by atoms with van der Waals surface area (Å²) in [4.78, 5) is 16.2. The van der Waals surface area contributed by atoms with E-state index in [4.69, 9.17) is 27.9 Å². The number of nitrogens with zero attached hydrogens (tertiary/aromatic N) is 2. The summed E-state index contributed by atoms with van der Waals surface area (Å²) in [7, 11) is 0. The van der Waals surface area contributed by atoms with E-state index in [1.807, 2.05) is 25.1 Å². The molecule has 0 aliphatic rings. The first-order valence-electron chi connectivity index (χ1n) is 5.99. The Hall–Kier alpha value is -1.56. The number of anilines is 1. The molecule has 0 fully saturated rings. The molecule has 0 saturated carbocycles. The van der Waals surface area contributed by atoms with Gasteiger partial charge in [0.15, 0.2) is 5.15 Å². The van der Waals surface area contributed by atoms with Gasteiger partial charge in [0, 0.05) is 12.3 Å². The second kappa shape index (κ2) is 6.74. The third-order valence-corrected chi connectivity index (χ3v) is 3.27. The van der Waals surface area contributed by atoms with Gasteiger partial charge in [0.2, 0.25) is 5.82 Å². The normalized spacial score (nSPS) is 10.6. The van der Waals surface area contributed by atoms with Gasteiger partial charge in [-0.2, -0.15) is 0 Å². The third kappa shape index (κ3) is 3.30. The predicted molar refractivity (Wildman–Crippen MR) is 78.3 cm³/mol. The lowest BCUT2D eigenvalue weighted by Gasteiger charge is -2.09. The Morgan fingerprint density at radius 2 is 2.05 bits per heavy atom. The van der Waals surface area contributed by atoms with Crippen molar-refractivity contribution in [2.45, 2.75) is 13.7 Å². The Morgan fingerprint density at radius 1 is 1.35 bits per heavy atom. The maximum Gasteiger partial charge on any atom is 0.291 e. The lowest BCUT2D eigenvalue weighted by molar-refractivity contribution is 0.0815. The van der Waals surface area contributed by atoms with Crippen LogP contribution in [0.3, 0.4) is 0 Å². The van der Waals surface area contributed by atoms with Crippen LogP contribution in [-0.4, -0.2) is 22.1 Å². The number of nitrogens with one attached hydrogen (secondary N) is 1. The number of halogens is 2. The maximum absolute atomic E-state index is 12.2. The number of hydrogen-bond donors (Lipinski definition) is 1. The first kappa shape index (κ1) is 14.8. The molecule has 0 radical (unpaired) electrons. The summed E-state index contributed by atoms with van der Waals surface area (Å²) in [6.45, 7) is 2.45. The molecule has 1 heterocycles. The molecule has 0 aliphatic heterocycles.